The van der Waals surface area contributed by atoms with Crippen LogP contribution >= 0.6 is 0 Å². The molecule has 6 aromatic rings. The Balaban J connectivity index is 1.18. The van der Waals surface area contributed by atoms with Crippen LogP contribution in [0.3, 0.4) is 0 Å². The van der Waals surface area contributed by atoms with Gasteiger partial charge >= 0.3 is 6.03 Å². The normalized spacial score (nSPS) is 12.4. The Bertz CT molecular complexity index is 2880. The molecule has 0 spiro atoms. The molecule has 0 atom stereocenters. The molecule has 17 nitrogen and oxygen atoms in total. The third-order valence-corrected chi connectivity index (χ3v) is 13.3. The standard InChI is InChI=1S/C35H30N4O13S4/c1-19-17-21(36-33-25-5-3-7-31(55(47,48)49)23(25)11-13-27(33)40)9-15-29(19)53(43,44)38-35(42)39-54(45,46)30-16-10-22(18-20(30)2)37-34-26-6-4-8-32(56(50,51)52)24(26)12-14-28(34)41/h3-18,36-37,40-41H,1-2H3,(H2,38,39,42)(H,47,48,49)(H,50,51,52). The van der Waals surface area contributed by atoms with Crippen LogP contribution in [0.5, 0.6) is 11.5 Å². The third kappa shape index (κ3) is 7.89. The summed E-state index contributed by atoms with van der Waals surface area (Å²) in [6, 6.07) is 19.0. The van der Waals surface area contributed by atoms with E-state index in [4.69, 9.17) is 0 Å². The number of carbonyl (C=O) groups is 1. The number of rotatable bonds is 10. The van der Waals surface area contributed by atoms with Gasteiger partial charge in [-0.3, -0.25) is 9.11 Å². The molecule has 0 aliphatic rings. The van der Waals surface area contributed by atoms with Gasteiger partial charge in [-0.15, -0.1) is 0 Å². The summed E-state index contributed by atoms with van der Waals surface area (Å²) in [4.78, 5) is 11.2. The molecule has 0 saturated carbocycles. The number of hydrogen-bond donors (Lipinski definition) is 8. The number of anilines is 4. The first kappa shape index (κ1) is 39.7. The molecule has 21 heteroatoms. The van der Waals surface area contributed by atoms with Crippen molar-refractivity contribution in [1.82, 2.24) is 9.44 Å². The van der Waals surface area contributed by atoms with Crippen molar-refractivity contribution < 1.29 is 57.8 Å². The molecule has 0 fully saturated rings. The fraction of sp³-hybridized carbons (Fsp3) is 0.0571. The Kier molecular flexibility index (Phi) is 10.1. The first-order valence-corrected chi connectivity index (χ1v) is 21.7. The second-order valence-electron chi connectivity index (χ2n) is 12.3. The second kappa shape index (κ2) is 14.3. The van der Waals surface area contributed by atoms with E-state index in [1.54, 1.807) is 9.44 Å². The number of amides is 2. The van der Waals surface area contributed by atoms with Crippen molar-refractivity contribution in [2.75, 3.05) is 10.6 Å². The van der Waals surface area contributed by atoms with Crippen LogP contribution in [-0.2, 0) is 40.3 Å². The number of urea groups is 1. The van der Waals surface area contributed by atoms with Crippen molar-refractivity contribution in [3.05, 3.63) is 108 Å². The van der Waals surface area contributed by atoms with Crippen molar-refractivity contribution in [2.45, 2.75) is 33.4 Å². The molecule has 0 aliphatic heterocycles. The number of carbonyl (C=O) groups excluding carboxylic acids is 1. The Hall–Kier alpha value is -5.97. The minimum Gasteiger partial charge on any atom is -0.506 e. The molecule has 292 valence electrons. The third-order valence-electron chi connectivity index (χ3n) is 8.48. The molecular formula is C35H30N4O13S4. The van der Waals surface area contributed by atoms with Crippen LogP contribution in [0.1, 0.15) is 11.1 Å². The van der Waals surface area contributed by atoms with E-state index in [-0.39, 0.29) is 66.9 Å². The summed E-state index contributed by atoms with van der Waals surface area (Å²) in [7, 11) is -18.6. The van der Waals surface area contributed by atoms with Crippen LogP contribution in [0.2, 0.25) is 0 Å². The van der Waals surface area contributed by atoms with Crippen molar-refractivity contribution in [3.8, 4) is 11.5 Å². The number of hydrogen-bond acceptors (Lipinski definition) is 13. The van der Waals surface area contributed by atoms with Crippen LogP contribution in [0, 0.1) is 13.8 Å². The van der Waals surface area contributed by atoms with Crippen LogP contribution in [0.25, 0.3) is 21.5 Å². The molecule has 6 aromatic carbocycles. The SMILES string of the molecule is Cc1cc(Nc2c(O)ccc3c(S(=O)(=O)O)cccc23)ccc1S(=O)(=O)NC(=O)NS(=O)(=O)c1ccc(Nc2c(O)ccc3c(S(=O)(=O)O)cccc23)cc1C. The summed E-state index contributed by atoms with van der Waals surface area (Å²) >= 11 is 0. The first-order chi connectivity index (χ1) is 26.1. The Morgan fingerprint density at radius 2 is 0.857 bits per heavy atom. The fourth-order valence-corrected chi connectivity index (χ4v) is 9.82. The number of phenolic OH excluding ortho intramolecular Hbond substituents is 2. The highest BCUT2D eigenvalue weighted by atomic mass is 32.2. The van der Waals surface area contributed by atoms with Gasteiger partial charge in [0.1, 0.15) is 21.3 Å². The van der Waals surface area contributed by atoms with Gasteiger partial charge in [0.05, 0.1) is 21.2 Å². The molecule has 0 saturated heterocycles. The van der Waals surface area contributed by atoms with Gasteiger partial charge in [0, 0.05) is 32.9 Å². The fourth-order valence-electron chi connectivity index (χ4n) is 6.07. The Morgan fingerprint density at radius 1 is 0.482 bits per heavy atom. The largest absolute Gasteiger partial charge is 0.506 e. The van der Waals surface area contributed by atoms with E-state index in [9.17, 15) is 57.8 Å². The quantitative estimate of drug-likeness (QED) is 0.0635. The highest BCUT2D eigenvalue weighted by molar-refractivity contribution is 7.91. The van der Waals surface area contributed by atoms with Crippen LogP contribution in [0.15, 0.2) is 117 Å². The van der Waals surface area contributed by atoms with Gasteiger partial charge in [-0.2, -0.15) is 16.8 Å². The number of fused-ring (bicyclic) bond motifs is 2. The number of sulfonamides is 2. The highest BCUT2D eigenvalue weighted by Crippen LogP contribution is 2.39. The number of nitrogens with one attached hydrogen (secondary N) is 4. The maximum Gasteiger partial charge on any atom is 0.342 e. The van der Waals surface area contributed by atoms with E-state index in [0.29, 0.717) is 0 Å². The molecule has 0 radical (unpaired) electrons. The first-order valence-electron chi connectivity index (χ1n) is 15.9. The molecule has 6 rings (SSSR count). The average Bonchev–Trinajstić information content (AvgIpc) is 3.08. The maximum atomic E-state index is 13.2. The van der Waals surface area contributed by atoms with Gasteiger partial charge < -0.3 is 20.8 Å². The smallest absolute Gasteiger partial charge is 0.342 e. The maximum absolute atomic E-state index is 13.2. The average molecular weight is 843 g/mol. The molecule has 0 aliphatic carbocycles. The minimum absolute atomic E-state index is 0.0470. The van der Waals surface area contributed by atoms with E-state index in [1.807, 2.05) is 0 Å². The lowest BCUT2D eigenvalue weighted by atomic mass is 10.1. The molecule has 56 heavy (non-hydrogen) atoms. The van der Waals surface area contributed by atoms with E-state index in [0.717, 1.165) is 12.1 Å². The zero-order valence-corrected chi connectivity index (χ0v) is 32.1. The number of aromatic hydroxyl groups is 2. The van der Waals surface area contributed by atoms with Crippen molar-refractivity contribution in [1.29, 1.82) is 0 Å². The summed E-state index contributed by atoms with van der Waals surface area (Å²) in [6.07, 6.45) is 0. The molecule has 2 amide bonds. The number of benzene rings is 6. The van der Waals surface area contributed by atoms with Crippen LogP contribution < -0.4 is 20.1 Å². The van der Waals surface area contributed by atoms with Crippen molar-refractivity contribution >= 4 is 90.6 Å². The van der Waals surface area contributed by atoms with E-state index in [2.05, 4.69) is 10.6 Å². The molecular weight excluding hydrogens is 813 g/mol. The predicted octanol–water partition coefficient (Wildman–Crippen LogP) is 5.38. The van der Waals surface area contributed by atoms with Gasteiger partial charge in [-0.1, -0.05) is 24.3 Å². The van der Waals surface area contributed by atoms with Gasteiger partial charge in [-0.25, -0.2) is 31.1 Å². The lowest BCUT2D eigenvalue weighted by molar-refractivity contribution is 0.250. The molecule has 0 aromatic heterocycles. The minimum atomic E-state index is -4.67. The monoisotopic (exact) mass is 842 g/mol. The Labute approximate surface area is 320 Å². The number of aryl methyl sites for hydroxylation is 2. The Morgan fingerprint density at radius 3 is 1.20 bits per heavy atom. The summed E-state index contributed by atoms with van der Waals surface area (Å²) < 4.78 is 123. The van der Waals surface area contributed by atoms with E-state index >= 15 is 0 Å². The molecule has 8 N–H and O–H groups in total. The van der Waals surface area contributed by atoms with Crippen LogP contribution in [-0.4, -0.2) is 59.0 Å². The van der Waals surface area contributed by atoms with E-state index < -0.39 is 65.9 Å². The van der Waals surface area contributed by atoms with Gasteiger partial charge in [0.15, 0.2) is 0 Å². The van der Waals surface area contributed by atoms with Crippen molar-refractivity contribution in [3.63, 3.8) is 0 Å². The topological polar surface area (TPSA) is 283 Å². The summed E-state index contributed by atoms with van der Waals surface area (Å²) in [5.74, 6) is -0.581. The lowest BCUT2D eigenvalue weighted by Gasteiger charge is -2.16. The lowest BCUT2D eigenvalue weighted by Crippen LogP contribution is -2.42. The predicted molar refractivity (Wildman–Crippen MR) is 206 cm³/mol. The molecule has 0 bridgehead atoms. The zero-order chi connectivity index (χ0) is 41.0. The number of phenols is 2. The zero-order valence-electron chi connectivity index (χ0n) is 28.8. The summed E-state index contributed by atoms with van der Waals surface area (Å²) in [6.45, 7) is 2.77. The second-order valence-corrected chi connectivity index (χ2v) is 18.4. The molecule has 0 unspecified atom stereocenters. The van der Waals surface area contributed by atoms with Gasteiger partial charge in [-0.05, 0) is 97.8 Å². The summed E-state index contributed by atoms with van der Waals surface area (Å²) in [5.41, 5.74) is 0.737. The highest BCUT2D eigenvalue weighted by Gasteiger charge is 2.26. The van der Waals surface area contributed by atoms with Gasteiger partial charge in [0.25, 0.3) is 40.3 Å². The van der Waals surface area contributed by atoms with Crippen molar-refractivity contribution in [2.24, 2.45) is 0 Å². The summed E-state index contributed by atoms with van der Waals surface area (Å²) in [5, 5.41) is 27.5. The molecule has 0 heterocycles. The van der Waals surface area contributed by atoms with E-state index in [1.165, 1.54) is 98.8 Å². The van der Waals surface area contributed by atoms with Crippen LogP contribution in [0.4, 0.5) is 27.5 Å². The van der Waals surface area contributed by atoms with Gasteiger partial charge in [0.2, 0.25) is 0 Å².